The Labute approximate surface area is 107 Å². The average molecular weight is 301 g/mol. The van der Waals surface area contributed by atoms with Gasteiger partial charge in [-0.15, -0.1) is 21.5 Å². The summed E-state index contributed by atoms with van der Waals surface area (Å²) in [4.78, 5) is 1.34. The molecular weight excluding hydrogens is 288 g/mol. The molecule has 0 saturated carbocycles. The van der Waals surface area contributed by atoms with E-state index in [-0.39, 0.29) is 0 Å². The predicted molar refractivity (Wildman–Crippen MR) is 68.3 cm³/mol. The van der Waals surface area contributed by atoms with E-state index < -0.39 is 0 Å². The van der Waals surface area contributed by atoms with Crippen LogP contribution in [0.25, 0.3) is 0 Å². The smallest absolute Gasteiger partial charge is 0.119 e. The van der Waals surface area contributed by atoms with Crippen LogP contribution in [0.4, 0.5) is 0 Å². The molecule has 86 valence electrons. The molecule has 0 aromatic carbocycles. The molecule has 16 heavy (non-hydrogen) atoms. The van der Waals surface area contributed by atoms with E-state index in [1.54, 1.807) is 24.0 Å². The molecule has 0 bridgehead atoms. The molecule has 2 rings (SSSR count). The van der Waals surface area contributed by atoms with Gasteiger partial charge in [-0.25, -0.2) is 0 Å². The van der Waals surface area contributed by atoms with Crippen molar-refractivity contribution in [3.63, 3.8) is 0 Å². The quantitative estimate of drug-likeness (QED) is 0.921. The third kappa shape index (κ3) is 3.40. The van der Waals surface area contributed by atoms with Gasteiger partial charge in [0.25, 0.3) is 0 Å². The number of thiophene rings is 1. The van der Waals surface area contributed by atoms with E-state index >= 15 is 0 Å². The molecule has 0 radical (unpaired) electrons. The lowest BCUT2D eigenvalue weighted by Crippen LogP contribution is -2.29. The van der Waals surface area contributed by atoms with Crippen molar-refractivity contribution in [2.24, 2.45) is 0 Å². The maximum Gasteiger partial charge on any atom is 0.119 e. The fraction of sp³-hybridized carbons (Fsp3) is 0.400. The molecule has 0 saturated heterocycles. The lowest BCUT2D eigenvalue weighted by Gasteiger charge is -2.12. The number of hydrogen-bond acceptors (Lipinski definition) is 4. The molecule has 0 amide bonds. The summed E-state index contributed by atoms with van der Waals surface area (Å²) >= 11 is 5.21. The first-order chi connectivity index (χ1) is 7.74. The van der Waals surface area contributed by atoms with E-state index in [2.05, 4.69) is 49.8 Å². The first-order valence-electron chi connectivity index (χ1n) is 5.03. The number of halogens is 1. The molecule has 2 heterocycles. The van der Waals surface area contributed by atoms with Crippen molar-refractivity contribution in [1.29, 1.82) is 0 Å². The van der Waals surface area contributed by atoms with E-state index in [4.69, 9.17) is 0 Å². The predicted octanol–water partition coefficient (Wildman–Crippen LogP) is 2.28. The molecule has 1 atom stereocenters. The first kappa shape index (κ1) is 11.8. The van der Waals surface area contributed by atoms with Crippen LogP contribution in [0.1, 0.15) is 11.8 Å². The van der Waals surface area contributed by atoms with Crippen molar-refractivity contribution >= 4 is 27.3 Å². The summed E-state index contributed by atoms with van der Waals surface area (Å²) in [6.45, 7) is 3.95. The van der Waals surface area contributed by atoms with Gasteiger partial charge in [0.05, 0.1) is 0 Å². The third-order valence-electron chi connectivity index (χ3n) is 2.20. The van der Waals surface area contributed by atoms with Crippen LogP contribution < -0.4 is 5.32 Å². The molecule has 2 aromatic heterocycles. The number of aromatic nitrogens is 3. The maximum absolute atomic E-state index is 3.78. The Bertz CT molecular complexity index is 426. The van der Waals surface area contributed by atoms with Crippen molar-refractivity contribution < 1.29 is 0 Å². The summed E-state index contributed by atoms with van der Waals surface area (Å²) < 4.78 is 3.13. The summed E-state index contributed by atoms with van der Waals surface area (Å²) in [5, 5.41) is 13.1. The highest BCUT2D eigenvalue weighted by Gasteiger charge is 2.03. The van der Waals surface area contributed by atoms with Crippen molar-refractivity contribution in [2.45, 2.75) is 26.1 Å². The van der Waals surface area contributed by atoms with Crippen LogP contribution in [0.15, 0.2) is 28.6 Å². The van der Waals surface area contributed by atoms with E-state index in [1.165, 1.54) is 4.88 Å². The summed E-state index contributed by atoms with van der Waals surface area (Å²) in [5.74, 6) is 0. The zero-order valence-corrected chi connectivity index (χ0v) is 11.3. The molecular formula is C10H13BrN4S. The molecule has 1 N–H and O–H groups in total. The fourth-order valence-corrected chi connectivity index (χ4v) is 2.82. The van der Waals surface area contributed by atoms with Gasteiger partial charge in [-0.05, 0) is 28.9 Å². The highest BCUT2D eigenvalue weighted by Crippen LogP contribution is 2.19. The topological polar surface area (TPSA) is 42.7 Å². The van der Waals surface area contributed by atoms with Gasteiger partial charge in [-0.3, -0.25) is 0 Å². The Balaban J connectivity index is 1.77. The van der Waals surface area contributed by atoms with Crippen LogP contribution in [-0.4, -0.2) is 20.8 Å². The molecule has 0 aliphatic carbocycles. The summed E-state index contributed by atoms with van der Waals surface area (Å²) in [5.41, 5.74) is 0. The SMILES string of the molecule is CC(Cn1cnnc1)NCc1cc(Br)cs1. The first-order valence-corrected chi connectivity index (χ1v) is 6.70. The minimum atomic E-state index is 0.400. The minimum Gasteiger partial charge on any atom is -0.319 e. The summed E-state index contributed by atoms with van der Waals surface area (Å²) in [7, 11) is 0. The molecule has 6 heteroatoms. The molecule has 0 spiro atoms. The zero-order valence-electron chi connectivity index (χ0n) is 8.93. The minimum absolute atomic E-state index is 0.400. The second-order valence-electron chi connectivity index (χ2n) is 3.67. The van der Waals surface area contributed by atoms with Crippen LogP contribution in [0.3, 0.4) is 0 Å². The van der Waals surface area contributed by atoms with Crippen molar-refractivity contribution in [2.75, 3.05) is 0 Å². The largest absolute Gasteiger partial charge is 0.319 e. The van der Waals surface area contributed by atoms with Gasteiger partial charge in [0, 0.05) is 33.9 Å². The number of rotatable bonds is 5. The Hall–Kier alpha value is -0.720. The fourth-order valence-electron chi connectivity index (χ4n) is 1.42. The van der Waals surface area contributed by atoms with Crippen LogP contribution in [0.5, 0.6) is 0 Å². The molecule has 2 aromatic rings. The van der Waals surface area contributed by atoms with Crippen LogP contribution in [0.2, 0.25) is 0 Å². The Morgan fingerprint density at radius 2 is 2.25 bits per heavy atom. The van der Waals surface area contributed by atoms with Crippen molar-refractivity contribution in [3.8, 4) is 0 Å². The molecule has 1 unspecified atom stereocenters. The molecule has 0 aliphatic heterocycles. The lowest BCUT2D eigenvalue weighted by atomic mass is 10.3. The van der Waals surface area contributed by atoms with Crippen LogP contribution in [-0.2, 0) is 13.1 Å². The molecule has 0 aliphatic rings. The standard InChI is InChI=1S/C10H13BrN4S/c1-8(4-15-6-13-14-7-15)12-3-10-2-9(11)5-16-10/h2,5-8,12H,3-4H2,1H3. The Kier molecular flexibility index (Phi) is 4.09. The second kappa shape index (κ2) is 5.56. The number of nitrogens with one attached hydrogen (secondary N) is 1. The van der Waals surface area contributed by atoms with Crippen LogP contribution in [0, 0.1) is 0 Å². The normalized spacial score (nSPS) is 12.9. The lowest BCUT2D eigenvalue weighted by molar-refractivity contribution is 0.477. The van der Waals surface area contributed by atoms with E-state index in [0.717, 1.165) is 17.6 Å². The zero-order chi connectivity index (χ0) is 11.4. The third-order valence-corrected chi connectivity index (χ3v) is 3.90. The van der Waals surface area contributed by atoms with Crippen molar-refractivity contribution in [1.82, 2.24) is 20.1 Å². The van der Waals surface area contributed by atoms with E-state index in [9.17, 15) is 0 Å². The molecule has 4 nitrogen and oxygen atoms in total. The number of nitrogens with zero attached hydrogens (tertiary/aromatic N) is 3. The van der Waals surface area contributed by atoms with E-state index in [0.29, 0.717) is 6.04 Å². The van der Waals surface area contributed by atoms with Gasteiger partial charge < -0.3 is 9.88 Å². The van der Waals surface area contributed by atoms with E-state index in [1.807, 2.05) is 4.57 Å². The number of hydrogen-bond donors (Lipinski definition) is 1. The van der Waals surface area contributed by atoms with Gasteiger partial charge in [-0.1, -0.05) is 0 Å². The monoisotopic (exact) mass is 300 g/mol. The Morgan fingerprint density at radius 1 is 1.50 bits per heavy atom. The average Bonchev–Trinajstić information content (AvgIpc) is 2.87. The summed E-state index contributed by atoms with van der Waals surface area (Å²) in [6, 6.07) is 2.54. The van der Waals surface area contributed by atoms with Gasteiger partial charge in [0.15, 0.2) is 0 Å². The van der Waals surface area contributed by atoms with Gasteiger partial charge in [0.1, 0.15) is 12.7 Å². The highest BCUT2D eigenvalue weighted by atomic mass is 79.9. The highest BCUT2D eigenvalue weighted by molar-refractivity contribution is 9.10. The van der Waals surface area contributed by atoms with Gasteiger partial charge in [0.2, 0.25) is 0 Å². The van der Waals surface area contributed by atoms with Crippen molar-refractivity contribution in [3.05, 3.63) is 33.5 Å². The van der Waals surface area contributed by atoms with Gasteiger partial charge >= 0.3 is 0 Å². The van der Waals surface area contributed by atoms with Gasteiger partial charge in [-0.2, -0.15) is 0 Å². The maximum atomic E-state index is 3.78. The second-order valence-corrected chi connectivity index (χ2v) is 5.58. The Morgan fingerprint density at radius 3 is 2.88 bits per heavy atom. The van der Waals surface area contributed by atoms with Crippen LogP contribution >= 0.6 is 27.3 Å². The summed E-state index contributed by atoms with van der Waals surface area (Å²) in [6.07, 6.45) is 3.47. The molecule has 0 fully saturated rings.